The lowest BCUT2D eigenvalue weighted by Crippen LogP contribution is -2.51. The monoisotopic (exact) mass is 522 g/mol. The Balaban J connectivity index is 1.43. The van der Waals surface area contributed by atoms with Crippen molar-refractivity contribution in [3.63, 3.8) is 0 Å². The molecule has 5 nitrogen and oxygen atoms in total. The molecule has 0 unspecified atom stereocenters. The standard InChI is InChI=1S/C27H34ClF3N4O/c1-19(15-21-3-6-24(28)7-4-21)26(36)34-13-11-33(12-14-34)25-8-5-23(27(29,30)31)16-22(25)18-35-10-9-32-17-20(35)2/h3-8,16,19-20,32H,9-15,17-18H2,1-2H3/t19-,20+/m1/s1. The molecule has 1 N–H and O–H groups in total. The van der Waals surface area contributed by atoms with Crippen molar-refractivity contribution in [3.8, 4) is 0 Å². The number of anilines is 1. The van der Waals surface area contributed by atoms with Gasteiger partial charge in [-0.2, -0.15) is 13.2 Å². The molecule has 0 spiro atoms. The molecule has 36 heavy (non-hydrogen) atoms. The average molecular weight is 523 g/mol. The van der Waals surface area contributed by atoms with Gasteiger partial charge in [0.05, 0.1) is 5.56 Å². The highest BCUT2D eigenvalue weighted by atomic mass is 35.5. The molecule has 0 aliphatic carbocycles. The molecular formula is C27H34ClF3N4O. The molecule has 9 heteroatoms. The lowest BCUT2D eigenvalue weighted by Gasteiger charge is -2.39. The van der Waals surface area contributed by atoms with E-state index in [1.807, 2.05) is 36.1 Å². The van der Waals surface area contributed by atoms with Crippen molar-refractivity contribution in [2.75, 3.05) is 50.7 Å². The molecule has 2 fully saturated rings. The minimum absolute atomic E-state index is 0.104. The molecule has 2 atom stereocenters. The number of halogens is 4. The Bertz CT molecular complexity index is 1040. The van der Waals surface area contributed by atoms with Crippen LogP contribution in [-0.4, -0.2) is 67.6 Å². The fourth-order valence-corrected chi connectivity index (χ4v) is 5.20. The van der Waals surface area contributed by atoms with Crippen molar-refractivity contribution >= 4 is 23.2 Å². The molecular weight excluding hydrogens is 489 g/mol. The number of rotatable bonds is 6. The van der Waals surface area contributed by atoms with E-state index in [1.165, 1.54) is 12.1 Å². The molecule has 4 rings (SSSR count). The zero-order chi connectivity index (χ0) is 25.9. The first-order chi connectivity index (χ1) is 17.1. The second-order valence-electron chi connectivity index (χ2n) is 9.91. The normalized spacial score (nSPS) is 20.4. The number of piperazine rings is 2. The summed E-state index contributed by atoms with van der Waals surface area (Å²) in [5.41, 5.74) is 1.97. The van der Waals surface area contributed by atoms with Gasteiger partial charge in [-0.3, -0.25) is 9.69 Å². The molecule has 2 aliphatic heterocycles. The maximum Gasteiger partial charge on any atom is 0.416 e. The maximum absolute atomic E-state index is 13.5. The topological polar surface area (TPSA) is 38.8 Å². The number of hydrogen-bond donors (Lipinski definition) is 1. The largest absolute Gasteiger partial charge is 0.416 e. The van der Waals surface area contributed by atoms with E-state index in [1.54, 1.807) is 6.07 Å². The molecule has 0 radical (unpaired) electrons. The number of alkyl halides is 3. The van der Waals surface area contributed by atoms with Crippen molar-refractivity contribution < 1.29 is 18.0 Å². The predicted octanol–water partition coefficient (Wildman–Crippen LogP) is 4.68. The Labute approximate surface area is 216 Å². The lowest BCUT2D eigenvalue weighted by atomic mass is 9.99. The molecule has 1 amide bonds. The molecule has 196 valence electrons. The van der Waals surface area contributed by atoms with Crippen LogP contribution in [0.5, 0.6) is 0 Å². The third-order valence-corrected chi connectivity index (χ3v) is 7.48. The van der Waals surface area contributed by atoms with Gasteiger partial charge < -0.3 is 15.1 Å². The molecule has 2 aromatic rings. The predicted molar refractivity (Wildman–Crippen MR) is 137 cm³/mol. The second-order valence-corrected chi connectivity index (χ2v) is 10.3. The van der Waals surface area contributed by atoms with Crippen LogP contribution in [0.3, 0.4) is 0 Å². The lowest BCUT2D eigenvalue weighted by molar-refractivity contribution is -0.137. The average Bonchev–Trinajstić information content (AvgIpc) is 2.86. The van der Waals surface area contributed by atoms with Crippen LogP contribution in [-0.2, 0) is 23.9 Å². The molecule has 2 saturated heterocycles. The highest BCUT2D eigenvalue weighted by molar-refractivity contribution is 6.30. The van der Waals surface area contributed by atoms with E-state index in [-0.39, 0.29) is 17.9 Å². The van der Waals surface area contributed by atoms with Crippen LogP contribution in [0.4, 0.5) is 18.9 Å². The van der Waals surface area contributed by atoms with Crippen LogP contribution in [0, 0.1) is 5.92 Å². The van der Waals surface area contributed by atoms with E-state index in [2.05, 4.69) is 22.0 Å². The van der Waals surface area contributed by atoms with Crippen LogP contribution < -0.4 is 10.2 Å². The van der Waals surface area contributed by atoms with Gasteiger partial charge in [0.1, 0.15) is 0 Å². The Hall–Kier alpha value is -2.29. The van der Waals surface area contributed by atoms with Crippen LogP contribution in [0.25, 0.3) is 0 Å². The Morgan fingerprint density at radius 2 is 1.78 bits per heavy atom. The van der Waals surface area contributed by atoms with Gasteiger partial charge in [0.25, 0.3) is 0 Å². The van der Waals surface area contributed by atoms with Crippen LogP contribution in [0.2, 0.25) is 5.02 Å². The van der Waals surface area contributed by atoms with E-state index in [9.17, 15) is 18.0 Å². The summed E-state index contributed by atoms with van der Waals surface area (Å²) in [6.07, 6.45) is -3.74. The quantitative estimate of drug-likeness (QED) is 0.598. The van der Waals surface area contributed by atoms with Gasteiger partial charge in [-0.15, -0.1) is 0 Å². The Morgan fingerprint density at radius 1 is 1.08 bits per heavy atom. The molecule has 0 aromatic heterocycles. The van der Waals surface area contributed by atoms with Gasteiger partial charge in [0.15, 0.2) is 0 Å². The van der Waals surface area contributed by atoms with Gasteiger partial charge in [0, 0.05) is 75.0 Å². The van der Waals surface area contributed by atoms with Crippen molar-refractivity contribution in [1.82, 2.24) is 15.1 Å². The smallest absolute Gasteiger partial charge is 0.368 e. The zero-order valence-corrected chi connectivity index (χ0v) is 21.6. The number of amides is 1. The Kier molecular flexibility index (Phi) is 8.48. The van der Waals surface area contributed by atoms with Gasteiger partial charge in [0.2, 0.25) is 5.91 Å². The first kappa shape index (κ1) is 26.8. The fourth-order valence-electron chi connectivity index (χ4n) is 5.07. The molecule has 2 heterocycles. The molecule has 0 bridgehead atoms. The highest BCUT2D eigenvalue weighted by Gasteiger charge is 2.33. The number of nitrogens with one attached hydrogen (secondary N) is 1. The van der Waals surface area contributed by atoms with Crippen molar-refractivity contribution in [2.45, 2.75) is 39.0 Å². The third kappa shape index (κ3) is 6.52. The highest BCUT2D eigenvalue weighted by Crippen LogP contribution is 2.34. The SMILES string of the molecule is C[C@H](Cc1ccc(Cl)cc1)C(=O)N1CCN(c2ccc(C(F)(F)F)cc2CN2CCNC[C@@H]2C)CC1. The van der Waals surface area contributed by atoms with Crippen LogP contribution in [0.15, 0.2) is 42.5 Å². The first-order valence-corrected chi connectivity index (χ1v) is 12.9. The number of nitrogens with zero attached hydrogens (tertiary/aromatic N) is 3. The number of hydrogen-bond acceptors (Lipinski definition) is 4. The van der Waals surface area contributed by atoms with Gasteiger partial charge in [-0.1, -0.05) is 30.7 Å². The first-order valence-electron chi connectivity index (χ1n) is 12.5. The molecule has 2 aliphatic rings. The van der Waals surface area contributed by atoms with Gasteiger partial charge >= 0.3 is 6.18 Å². The fraction of sp³-hybridized carbons (Fsp3) is 0.519. The minimum atomic E-state index is -4.38. The third-order valence-electron chi connectivity index (χ3n) is 7.23. The van der Waals surface area contributed by atoms with Crippen molar-refractivity contribution in [2.24, 2.45) is 5.92 Å². The summed E-state index contributed by atoms with van der Waals surface area (Å²) in [5, 5.41) is 4.00. The zero-order valence-electron chi connectivity index (χ0n) is 20.8. The van der Waals surface area contributed by atoms with E-state index in [0.717, 1.165) is 30.9 Å². The van der Waals surface area contributed by atoms with Crippen molar-refractivity contribution in [1.29, 1.82) is 0 Å². The Morgan fingerprint density at radius 3 is 2.42 bits per heavy atom. The summed E-state index contributed by atoms with van der Waals surface area (Å²) >= 11 is 5.96. The summed E-state index contributed by atoms with van der Waals surface area (Å²) in [7, 11) is 0. The number of benzene rings is 2. The molecule has 2 aromatic carbocycles. The van der Waals surface area contributed by atoms with E-state index in [4.69, 9.17) is 11.6 Å². The summed E-state index contributed by atoms with van der Waals surface area (Å²) in [5.74, 6) is -0.0551. The van der Waals surface area contributed by atoms with E-state index >= 15 is 0 Å². The maximum atomic E-state index is 13.5. The van der Waals surface area contributed by atoms with Gasteiger partial charge in [-0.25, -0.2) is 0 Å². The minimum Gasteiger partial charge on any atom is -0.368 e. The van der Waals surface area contributed by atoms with E-state index < -0.39 is 11.7 Å². The molecule has 0 saturated carbocycles. The van der Waals surface area contributed by atoms with Crippen LogP contribution in [0.1, 0.15) is 30.5 Å². The summed E-state index contributed by atoms with van der Waals surface area (Å²) in [6, 6.07) is 11.9. The number of carbonyl (C=O) groups is 1. The summed E-state index contributed by atoms with van der Waals surface area (Å²) in [4.78, 5) is 19.3. The second kappa shape index (κ2) is 11.4. The van der Waals surface area contributed by atoms with Gasteiger partial charge in [-0.05, 0) is 54.8 Å². The number of carbonyl (C=O) groups excluding carboxylic acids is 1. The van der Waals surface area contributed by atoms with Crippen molar-refractivity contribution in [3.05, 3.63) is 64.2 Å². The van der Waals surface area contributed by atoms with Crippen LogP contribution >= 0.6 is 11.6 Å². The van der Waals surface area contributed by atoms with E-state index in [0.29, 0.717) is 49.7 Å². The summed E-state index contributed by atoms with van der Waals surface area (Å²) < 4.78 is 40.5. The summed E-state index contributed by atoms with van der Waals surface area (Å²) in [6.45, 7) is 9.23.